The third-order valence-electron chi connectivity index (χ3n) is 4.52. The van der Waals surface area contributed by atoms with Crippen LogP contribution in [0.25, 0.3) is 10.2 Å². The van der Waals surface area contributed by atoms with E-state index in [9.17, 15) is 9.59 Å². The van der Waals surface area contributed by atoms with Gasteiger partial charge in [-0.25, -0.2) is 4.98 Å². The molecule has 7 nitrogen and oxygen atoms in total. The van der Waals surface area contributed by atoms with Crippen molar-refractivity contribution in [3.05, 3.63) is 32.6 Å². The van der Waals surface area contributed by atoms with Crippen LogP contribution >= 0.6 is 23.1 Å². The lowest BCUT2D eigenvalue weighted by Crippen LogP contribution is -2.27. The predicted molar refractivity (Wildman–Crippen MR) is 113 cm³/mol. The maximum absolute atomic E-state index is 13.1. The van der Waals surface area contributed by atoms with E-state index in [1.807, 2.05) is 13.8 Å². The molecule has 0 bridgehead atoms. The van der Waals surface area contributed by atoms with Gasteiger partial charge in [-0.1, -0.05) is 30.3 Å². The molecular formula is C19H24N4O3S2. The van der Waals surface area contributed by atoms with Gasteiger partial charge in [0.25, 0.3) is 5.56 Å². The van der Waals surface area contributed by atoms with Gasteiger partial charge in [-0.05, 0) is 39.7 Å². The van der Waals surface area contributed by atoms with Crippen molar-refractivity contribution >= 4 is 45.0 Å². The number of thiophene rings is 1. The number of nitrogens with zero attached hydrogens (tertiary/aromatic N) is 3. The second-order valence-corrected chi connectivity index (χ2v) is 9.25. The number of hydrogen-bond donors (Lipinski definition) is 1. The minimum absolute atomic E-state index is 0.0254. The molecule has 0 spiro atoms. The summed E-state index contributed by atoms with van der Waals surface area (Å²) < 4.78 is 6.68. The summed E-state index contributed by atoms with van der Waals surface area (Å²) >= 11 is 2.81. The fourth-order valence-corrected chi connectivity index (χ4v) is 4.78. The van der Waals surface area contributed by atoms with Crippen molar-refractivity contribution < 1.29 is 9.32 Å². The van der Waals surface area contributed by atoms with E-state index in [0.29, 0.717) is 28.7 Å². The summed E-state index contributed by atoms with van der Waals surface area (Å²) in [5.74, 6) is 0.791. The monoisotopic (exact) mass is 420 g/mol. The molecule has 1 atom stereocenters. The Hall–Kier alpha value is -2.13. The van der Waals surface area contributed by atoms with E-state index >= 15 is 0 Å². The predicted octanol–water partition coefficient (Wildman–Crippen LogP) is 4.29. The van der Waals surface area contributed by atoms with Crippen LogP contribution in [0, 0.1) is 20.8 Å². The fraction of sp³-hybridized carbons (Fsp3) is 0.474. The number of carbonyl (C=O) groups is 1. The molecule has 3 rings (SSSR count). The van der Waals surface area contributed by atoms with Crippen LogP contribution in [-0.2, 0) is 11.3 Å². The Balaban J connectivity index is 1.91. The molecule has 0 fully saturated rings. The summed E-state index contributed by atoms with van der Waals surface area (Å²) in [6.07, 6.45) is 1.85. The van der Waals surface area contributed by atoms with Crippen molar-refractivity contribution in [1.82, 2.24) is 14.7 Å². The highest BCUT2D eigenvalue weighted by Crippen LogP contribution is 2.30. The van der Waals surface area contributed by atoms with Crippen LogP contribution in [-0.4, -0.2) is 25.9 Å². The second kappa shape index (κ2) is 8.48. The minimum atomic E-state index is -0.448. The number of anilines is 1. The van der Waals surface area contributed by atoms with Gasteiger partial charge in [0.05, 0.1) is 10.6 Å². The Morgan fingerprint density at radius 1 is 1.39 bits per heavy atom. The summed E-state index contributed by atoms with van der Waals surface area (Å²) in [7, 11) is 0. The van der Waals surface area contributed by atoms with Gasteiger partial charge in [0, 0.05) is 17.5 Å². The molecule has 0 aliphatic heterocycles. The van der Waals surface area contributed by atoms with Gasteiger partial charge >= 0.3 is 0 Å². The average Bonchev–Trinajstić information content (AvgIpc) is 3.17. The van der Waals surface area contributed by atoms with Crippen LogP contribution in [0.3, 0.4) is 0 Å². The molecule has 0 aromatic carbocycles. The van der Waals surface area contributed by atoms with E-state index in [4.69, 9.17) is 9.51 Å². The van der Waals surface area contributed by atoms with Gasteiger partial charge < -0.3 is 9.84 Å². The molecule has 150 valence electrons. The van der Waals surface area contributed by atoms with Crippen LogP contribution in [0.1, 0.15) is 42.9 Å². The Kier molecular flexibility index (Phi) is 6.24. The van der Waals surface area contributed by atoms with Crippen molar-refractivity contribution in [3.8, 4) is 0 Å². The summed E-state index contributed by atoms with van der Waals surface area (Å²) in [6, 6.07) is 1.66. The van der Waals surface area contributed by atoms with Gasteiger partial charge in [-0.3, -0.25) is 14.2 Å². The Morgan fingerprint density at radius 2 is 2.14 bits per heavy atom. The smallest absolute Gasteiger partial charge is 0.263 e. The number of amides is 1. The number of nitrogens with one attached hydrogen (secondary N) is 1. The van der Waals surface area contributed by atoms with Crippen LogP contribution < -0.4 is 10.9 Å². The lowest BCUT2D eigenvalue weighted by molar-refractivity contribution is -0.115. The van der Waals surface area contributed by atoms with Crippen LogP contribution in [0.5, 0.6) is 0 Å². The molecule has 0 saturated heterocycles. The standard InChI is InChI=1S/C19H24N4O3S2/c1-6-7-8-23-18(25)15-11(3)12(4)27-17(15)21-19(23)28-13(5)16(24)20-14-9-10(2)26-22-14/h9,13H,6-8H2,1-5H3,(H,20,22,24). The zero-order chi connectivity index (χ0) is 20.4. The first-order valence-corrected chi connectivity index (χ1v) is 10.9. The average molecular weight is 421 g/mol. The molecule has 1 amide bonds. The Morgan fingerprint density at radius 3 is 2.79 bits per heavy atom. The van der Waals surface area contributed by atoms with E-state index in [0.717, 1.165) is 28.1 Å². The largest absolute Gasteiger partial charge is 0.360 e. The molecule has 1 unspecified atom stereocenters. The third kappa shape index (κ3) is 4.15. The number of thioether (sulfide) groups is 1. The molecule has 3 aromatic rings. The van der Waals surface area contributed by atoms with Crippen molar-refractivity contribution in [3.63, 3.8) is 0 Å². The Bertz CT molecular complexity index is 1070. The topological polar surface area (TPSA) is 90.0 Å². The highest BCUT2D eigenvalue weighted by Gasteiger charge is 2.22. The normalized spacial score (nSPS) is 12.5. The molecule has 0 aliphatic rings. The maximum Gasteiger partial charge on any atom is 0.263 e. The first-order valence-electron chi connectivity index (χ1n) is 9.23. The summed E-state index contributed by atoms with van der Waals surface area (Å²) in [5, 5.41) is 7.34. The molecule has 9 heteroatoms. The maximum atomic E-state index is 13.1. The van der Waals surface area contributed by atoms with E-state index in [1.165, 1.54) is 23.1 Å². The second-order valence-electron chi connectivity index (χ2n) is 6.74. The first kappa shape index (κ1) is 20.6. The number of aryl methyl sites for hydroxylation is 3. The van der Waals surface area contributed by atoms with E-state index in [2.05, 4.69) is 17.4 Å². The molecular weight excluding hydrogens is 396 g/mol. The number of fused-ring (bicyclic) bond motifs is 1. The number of carbonyl (C=O) groups excluding carboxylic acids is 1. The zero-order valence-corrected chi connectivity index (χ0v) is 18.3. The van der Waals surface area contributed by atoms with E-state index in [1.54, 1.807) is 24.5 Å². The summed E-state index contributed by atoms with van der Waals surface area (Å²) in [4.78, 5) is 32.2. The van der Waals surface area contributed by atoms with Crippen LogP contribution in [0.4, 0.5) is 5.82 Å². The number of unbranched alkanes of at least 4 members (excludes halogenated alkanes) is 1. The molecule has 0 aliphatic carbocycles. The van der Waals surface area contributed by atoms with Crippen molar-refractivity contribution in [2.24, 2.45) is 0 Å². The van der Waals surface area contributed by atoms with Crippen LogP contribution in [0.2, 0.25) is 0 Å². The van der Waals surface area contributed by atoms with Crippen LogP contribution in [0.15, 0.2) is 20.5 Å². The summed E-state index contributed by atoms with van der Waals surface area (Å²) in [5.41, 5.74) is 0.967. The van der Waals surface area contributed by atoms with Crippen molar-refractivity contribution in [2.45, 2.75) is 64.4 Å². The SMILES string of the molecule is CCCCn1c(SC(C)C(=O)Nc2cc(C)on2)nc2sc(C)c(C)c2c1=O. The summed E-state index contributed by atoms with van der Waals surface area (Å²) in [6.45, 7) is 10.2. The number of aromatic nitrogens is 3. The van der Waals surface area contributed by atoms with Crippen molar-refractivity contribution in [2.75, 3.05) is 5.32 Å². The lowest BCUT2D eigenvalue weighted by Gasteiger charge is -2.15. The molecule has 3 aromatic heterocycles. The van der Waals surface area contributed by atoms with Gasteiger partial charge in [0.2, 0.25) is 5.91 Å². The van der Waals surface area contributed by atoms with E-state index in [-0.39, 0.29) is 11.5 Å². The Labute approximate surface area is 171 Å². The minimum Gasteiger partial charge on any atom is -0.360 e. The van der Waals surface area contributed by atoms with Crippen molar-refractivity contribution in [1.29, 1.82) is 0 Å². The number of rotatable bonds is 7. The molecule has 0 saturated carbocycles. The zero-order valence-electron chi connectivity index (χ0n) is 16.7. The highest BCUT2D eigenvalue weighted by molar-refractivity contribution is 8.00. The highest BCUT2D eigenvalue weighted by atomic mass is 32.2. The fourth-order valence-electron chi connectivity index (χ4n) is 2.78. The number of hydrogen-bond acceptors (Lipinski definition) is 7. The molecule has 1 N–H and O–H groups in total. The first-order chi connectivity index (χ1) is 13.3. The van der Waals surface area contributed by atoms with Gasteiger partial charge in [0.15, 0.2) is 11.0 Å². The third-order valence-corrected chi connectivity index (χ3v) is 6.71. The van der Waals surface area contributed by atoms with Gasteiger partial charge in [0.1, 0.15) is 10.6 Å². The van der Waals surface area contributed by atoms with Gasteiger partial charge in [-0.15, -0.1) is 11.3 Å². The van der Waals surface area contributed by atoms with E-state index < -0.39 is 5.25 Å². The molecule has 3 heterocycles. The molecule has 0 radical (unpaired) electrons. The lowest BCUT2D eigenvalue weighted by atomic mass is 10.2. The van der Waals surface area contributed by atoms with Gasteiger partial charge in [-0.2, -0.15) is 0 Å². The molecule has 28 heavy (non-hydrogen) atoms. The quantitative estimate of drug-likeness (QED) is 0.453.